The van der Waals surface area contributed by atoms with Crippen molar-refractivity contribution in [3.63, 3.8) is 0 Å². The molecule has 1 unspecified atom stereocenters. The molecule has 0 aliphatic heterocycles. The molecular formula is C9H11N5O2. The molecule has 0 radical (unpaired) electrons. The van der Waals surface area contributed by atoms with E-state index in [1.165, 1.54) is 6.33 Å². The van der Waals surface area contributed by atoms with Crippen molar-refractivity contribution < 1.29 is 9.21 Å². The van der Waals surface area contributed by atoms with Crippen LogP contribution in [0.2, 0.25) is 0 Å². The van der Waals surface area contributed by atoms with Crippen LogP contribution in [0.1, 0.15) is 35.2 Å². The Morgan fingerprint density at radius 1 is 1.56 bits per heavy atom. The normalized spacial score (nSPS) is 12.4. The summed E-state index contributed by atoms with van der Waals surface area (Å²) in [5.41, 5.74) is 0. The van der Waals surface area contributed by atoms with Gasteiger partial charge in [-0.1, -0.05) is 0 Å². The minimum absolute atomic E-state index is 0.162. The average molecular weight is 221 g/mol. The van der Waals surface area contributed by atoms with Crippen LogP contribution in [0.25, 0.3) is 0 Å². The lowest BCUT2D eigenvalue weighted by molar-refractivity contribution is 0.0924. The molecule has 1 atom stereocenters. The Morgan fingerprint density at radius 3 is 2.94 bits per heavy atom. The van der Waals surface area contributed by atoms with Gasteiger partial charge in [0.2, 0.25) is 11.7 Å². The smallest absolute Gasteiger partial charge is 0.289 e. The molecule has 1 amide bonds. The summed E-state index contributed by atoms with van der Waals surface area (Å²) in [6, 6.07) is -0.314. The van der Waals surface area contributed by atoms with E-state index in [2.05, 4.69) is 25.5 Å². The van der Waals surface area contributed by atoms with Crippen LogP contribution in [0.5, 0.6) is 0 Å². The number of oxazole rings is 1. The van der Waals surface area contributed by atoms with Crippen LogP contribution < -0.4 is 5.32 Å². The number of hydrogen-bond donors (Lipinski definition) is 2. The van der Waals surface area contributed by atoms with Gasteiger partial charge in [0.15, 0.2) is 0 Å². The summed E-state index contributed by atoms with van der Waals surface area (Å²) in [4.78, 5) is 19.3. The Labute approximate surface area is 91.3 Å². The Hall–Kier alpha value is -2.18. The third-order valence-corrected chi connectivity index (χ3v) is 1.99. The Balaban J connectivity index is 2.03. The van der Waals surface area contributed by atoms with E-state index in [0.717, 1.165) is 0 Å². The number of amides is 1. The van der Waals surface area contributed by atoms with E-state index in [4.69, 9.17) is 4.42 Å². The lowest BCUT2D eigenvalue weighted by Gasteiger charge is -2.08. The minimum atomic E-state index is -0.346. The summed E-state index contributed by atoms with van der Waals surface area (Å²) < 4.78 is 5.29. The number of nitrogens with one attached hydrogen (secondary N) is 2. The van der Waals surface area contributed by atoms with Crippen molar-refractivity contribution in [2.75, 3.05) is 0 Å². The van der Waals surface area contributed by atoms with Crippen molar-refractivity contribution in [3.8, 4) is 0 Å². The van der Waals surface area contributed by atoms with E-state index in [0.29, 0.717) is 11.7 Å². The highest BCUT2D eigenvalue weighted by Crippen LogP contribution is 2.11. The Kier molecular flexibility index (Phi) is 2.67. The second kappa shape index (κ2) is 4.13. The number of aryl methyl sites for hydroxylation is 1. The van der Waals surface area contributed by atoms with Crippen LogP contribution >= 0.6 is 0 Å². The third kappa shape index (κ3) is 2.08. The van der Waals surface area contributed by atoms with Crippen molar-refractivity contribution in [1.82, 2.24) is 25.5 Å². The topological polar surface area (TPSA) is 96.7 Å². The van der Waals surface area contributed by atoms with Crippen LogP contribution in [0.3, 0.4) is 0 Å². The average Bonchev–Trinajstić information content (AvgIpc) is 2.87. The highest BCUT2D eigenvalue weighted by molar-refractivity contribution is 5.90. The van der Waals surface area contributed by atoms with Crippen molar-refractivity contribution in [2.24, 2.45) is 0 Å². The number of hydrogen-bond acceptors (Lipinski definition) is 5. The lowest BCUT2D eigenvalue weighted by Crippen LogP contribution is -2.27. The minimum Gasteiger partial charge on any atom is -0.444 e. The summed E-state index contributed by atoms with van der Waals surface area (Å²) in [5, 5.41) is 8.75. The molecule has 0 aliphatic rings. The Morgan fingerprint density at radius 2 is 2.38 bits per heavy atom. The van der Waals surface area contributed by atoms with Crippen LogP contribution in [0.15, 0.2) is 16.9 Å². The molecule has 0 spiro atoms. The molecule has 0 aromatic carbocycles. The van der Waals surface area contributed by atoms with Crippen molar-refractivity contribution in [1.29, 1.82) is 0 Å². The maximum Gasteiger partial charge on any atom is 0.289 e. The van der Waals surface area contributed by atoms with Crippen LogP contribution in [-0.2, 0) is 0 Å². The van der Waals surface area contributed by atoms with Gasteiger partial charge in [0.1, 0.15) is 18.1 Å². The zero-order valence-corrected chi connectivity index (χ0v) is 8.89. The number of carbonyl (C=O) groups is 1. The monoisotopic (exact) mass is 221 g/mol. The maximum atomic E-state index is 11.6. The van der Waals surface area contributed by atoms with Gasteiger partial charge in [0.25, 0.3) is 5.91 Å². The first kappa shape index (κ1) is 10.3. The standard InChI is InChI=1S/C9H11N5O2/c1-5-3-10-9(16-5)6(2)13-8(15)7-11-4-12-14-7/h3-4,6H,1-2H3,(H,13,15)(H,11,12,14). The first-order valence-electron chi connectivity index (χ1n) is 4.75. The molecule has 2 heterocycles. The fourth-order valence-corrected chi connectivity index (χ4v) is 1.21. The van der Waals surface area contributed by atoms with Gasteiger partial charge in [-0.05, 0) is 13.8 Å². The first-order chi connectivity index (χ1) is 7.66. The van der Waals surface area contributed by atoms with Crippen LogP contribution in [0, 0.1) is 6.92 Å². The Bertz CT molecular complexity index is 476. The number of rotatable bonds is 3. The summed E-state index contributed by atoms with van der Waals surface area (Å²) >= 11 is 0. The highest BCUT2D eigenvalue weighted by atomic mass is 16.4. The predicted molar refractivity (Wildman–Crippen MR) is 53.5 cm³/mol. The van der Waals surface area contributed by atoms with E-state index in [9.17, 15) is 4.79 Å². The van der Waals surface area contributed by atoms with Gasteiger partial charge in [-0.25, -0.2) is 9.97 Å². The van der Waals surface area contributed by atoms with E-state index in [-0.39, 0.29) is 17.8 Å². The summed E-state index contributed by atoms with van der Waals surface area (Å²) in [7, 11) is 0. The molecule has 2 rings (SSSR count). The molecule has 0 aliphatic carbocycles. The van der Waals surface area contributed by atoms with Gasteiger partial charge >= 0.3 is 0 Å². The molecule has 2 aromatic rings. The molecule has 0 fully saturated rings. The third-order valence-electron chi connectivity index (χ3n) is 1.99. The van der Waals surface area contributed by atoms with Crippen molar-refractivity contribution >= 4 is 5.91 Å². The largest absolute Gasteiger partial charge is 0.444 e. The summed E-state index contributed by atoms with van der Waals surface area (Å²) in [6.07, 6.45) is 2.88. The molecule has 0 saturated heterocycles. The van der Waals surface area contributed by atoms with Gasteiger partial charge in [-0.15, -0.1) is 0 Å². The van der Waals surface area contributed by atoms with Gasteiger partial charge in [-0.2, -0.15) is 5.10 Å². The first-order valence-corrected chi connectivity index (χ1v) is 4.75. The molecule has 84 valence electrons. The quantitative estimate of drug-likeness (QED) is 0.790. The van der Waals surface area contributed by atoms with Gasteiger partial charge < -0.3 is 9.73 Å². The number of aromatic amines is 1. The highest BCUT2D eigenvalue weighted by Gasteiger charge is 2.16. The maximum absolute atomic E-state index is 11.6. The van der Waals surface area contributed by atoms with Gasteiger partial charge in [-0.3, -0.25) is 9.89 Å². The SMILES string of the molecule is Cc1cnc(C(C)NC(=O)c2ncn[nH]2)o1. The predicted octanol–water partition coefficient (Wildman–Crippen LogP) is 0.592. The van der Waals surface area contributed by atoms with Gasteiger partial charge in [0, 0.05) is 0 Å². The van der Waals surface area contributed by atoms with Crippen LogP contribution in [-0.4, -0.2) is 26.1 Å². The van der Waals surface area contributed by atoms with E-state index in [1.54, 1.807) is 20.0 Å². The summed E-state index contributed by atoms with van der Waals surface area (Å²) in [5.74, 6) is 0.983. The zero-order chi connectivity index (χ0) is 11.5. The zero-order valence-electron chi connectivity index (χ0n) is 8.89. The number of nitrogens with zero attached hydrogens (tertiary/aromatic N) is 3. The molecule has 2 aromatic heterocycles. The van der Waals surface area contributed by atoms with Crippen LogP contribution in [0.4, 0.5) is 0 Å². The van der Waals surface area contributed by atoms with Crippen molar-refractivity contribution in [3.05, 3.63) is 30.0 Å². The van der Waals surface area contributed by atoms with E-state index >= 15 is 0 Å². The van der Waals surface area contributed by atoms with Crippen molar-refractivity contribution in [2.45, 2.75) is 19.9 Å². The molecule has 16 heavy (non-hydrogen) atoms. The molecule has 7 heteroatoms. The molecule has 2 N–H and O–H groups in total. The number of carbonyl (C=O) groups excluding carboxylic acids is 1. The second-order valence-electron chi connectivity index (χ2n) is 3.34. The second-order valence-corrected chi connectivity index (χ2v) is 3.34. The summed E-state index contributed by atoms with van der Waals surface area (Å²) in [6.45, 7) is 3.57. The lowest BCUT2D eigenvalue weighted by atomic mass is 10.3. The molecular weight excluding hydrogens is 210 g/mol. The fourth-order valence-electron chi connectivity index (χ4n) is 1.21. The fraction of sp³-hybridized carbons (Fsp3) is 0.333. The molecule has 0 saturated carbocycles. The van der Waals surface area contributed by atoms with E-state index in [1.807, 2.05) is 0 Å². The molecule has 7 nitrogen and oxygen atoms in total. The number of aromatic nitrogens is 4. The molecule has 0 bridgehead atoms. The van der Waals surface area contributed by atoms with E-state index < -0.39 is 0 Å². The number of H-pyrrole nitrogens is 1. The van der Waals surface area contributed by atoms with Gasteiger partial charge in [0.05, 0.1) is 6.20 Å².